The Morgan fingerprint density at radius 3 is 1.20 bits per heavy atom. The zero-order valence-electron chi connectivity index (χ0n) is 1.35. The van der Waals surface area contributed by atoms with Crippen LogP contribution in [0, 0.1) is 0 Å². The zero-order chi connectivity index (χ0) is 2.00. The average molecular weight is 346 g/mol. The summed E-state index contributed by atoms with van der Waals surface area (Å²) in [5, 5.41) is 0. The Labute approximate surface area is 132 Å². The fourth-order valence-electron chi connectivity index (χ4n) is 0. The fourth-order valence-corrected chi connectivity index (χ4v) is 0. The standard InChI is InChI=1S/Al.Ba.Fe.H3Si.Sr.7H/h;;;1H3;;;;;;;;. The van der Waals surface area contributed by atoms with E-state index in [1.54, 1.807) is 0 Å². The van der Waals surface area contributed by atoms with Crippen molar-refractivity contribution in [2.75, 3.05) is 0 Å². The van der Waals surface area contributed by atoms with Crippen LogP contribution < -0.4 is 0 Å². The molecule has 0 rings (SSSR count). The summed E-state index contributed by atoms with van der Waals surface area (Å²) >= 11 is 3.39. The third kappa shape index (κ3) is 17.8. The molecule has 0 aromatic carbocycles. The van der Waals surface area contributed by atoms with Gasteiger partial charge in [0.15, 0.2) is 17.4 Å². The van der Waals surface area contributed by atoms with Gasteiger partial charge in [0.25, 0.3) is 0 Å². The van der Waals surface area contributed by atoms with Gasteiger partial charge in [-0.25, -0.2) is 0 Å². The van der Waals surface area contributed by atoms with Gasteiger partial charge in [-0.05, 0) is 0 Å². The molecular formula is H10AlBaFeSiSr. The molecule has 0 aromatic rings. The van der Waals surface area contributed by atoms with Gasteiger partial charge < -0.3 is 0 Å². The van der Waals surface area contributed by atoms with E-state index in [0.717, 1.165) is 8.85 Å². The van der Waals surface area contributed by atoms with Gasteiger partial charge in [0.2, 0.25) is 0 Å². The van der Waals surface area contributed by atoms with E-state index in [-0.39, 0.29) is 112 Å². The van der Waals surface area contributed by atoms with Crippen LogP contribution in [-0.4, -0.2) is 121 Å². The first kappa shape index (κ1) is 22.8. The van der Waals surface area contributed by atoms with Gasteiger partial charge in [0.05, 0.1) is 0 Å². The minimum atomic E-state index is 0. The molecule has 5 heavy (non-hydrogen) atoms. The SMILES string of the molecule is [AlH3].[BaH2].[SiH3][Fe].[SrH2]. The van der Waals surface area contributed by atoms with Crippen LogP contribution in [0.4, 0.5) is 0 Å². The van der Waals surface area contributed by atoms with Gasteiger partial charge in [-0.15, -0.1) is 0 Å². The van der Waals surface area contributed by atoms with Crippen LogP contribution in [-0.2, 0) is 15.4 Å². The van der Waals surface area contributed by atoms with Crippen molar-refractivity contribution in [2.24, 2.45) is 0 Å². The summed E-state index contributed by atoms with van der Waals surface area (Å²) in [6, 6.07) is 0. The van der Waals surface area contributed by atoms with Crippen molar-refractivity contribution in [3.8, 4) is 0 Å². The third-order valence-corrected chi connectivity index (χ3v) is 0. The van der Waals surface area contributed by atoms with Gasteiger partial charge in [0.1, 0.15) is 0 Å². The molecule has 5 heteroatoms. The molecule has 0 bridgehead atoms. The van der Waals surface area contributed by atoms with Crippen molar-refractivity contribution < 1.29 is 15.4 Å². The molecule has 0 saturated carbocycles. The van der Waals surface area contributed by atoms with Crippen molar-refractivity contribution >= 4 is 121 Å². The molecule has 0 N–H and O–H groups in total. The summed E-state index contributed by atoms with van der Waals surface area (Å²) in [5.74, 6) is 0. The van der Waals surface area contributed by atoms with Crippen molar-refractivity contribution in [3.05, 3.63) is 0 Å². The topological polar surface area (TPSA) is 0 Å². The van der Waals surface area contributed by atoms with E-state index in [1.165, 1.54) is 0 Å². The van der Waals surface area contributed by atoms with E-state index in [9.17, 15) is 0 Å². The number of rotatable bonds is 0. The summed E-state index contributed by atoms with van der Waals surface area (Å²) in [4.78, 5) is 0. The summed E-state index contributed by atoms with van der Waals surface area (Å²) < 4.78 is 0. The van der Waals surface area contributed by atoms with Crippen molar-refractivity contribution in [3.63, 3.8) is 0 Å². The van der Waals surface area contributed by atoms with Crippen LogP contribution in [0.1, 0.15) is 0 Å². The van der Waals surface area contributed by atoms with E-state index < -0.39 is 0 Å². The van der Waals surface area contributed by atoms with Gasteiger partial charge in [-0.3, -0.25) is 0 Å². The van der Waals surface area contributed by atoms with Crippen LogP contribution in [0.15, 0.2) is 0 Å². The first-order chi connectivity index (χ1) is 1.00. The molecule has 0 atom stereocenters. The predicted molar refractivity (Wildman–Crippen MR) is 37.0 cm³/mol. The second-order valence-corrected chi connectivity index (χ2v) is 0. The Kier molecular flexibility index (Phi) is 109. The molecule has 0 unspecified atom stereocenters. The van der Waals surface area contributed by atoms with E-state index >= 15 is 0 Å². The molecule has 0 aliphatic rings. The Morgan fingerprint density at radius 2 is 1.20 bits per heavy atom. The summed E-state index contributed by atoms with van der Waals surface area (Å²) in [6.07, 6.45) is 0. The predicted octanol–water partition coefficient (Wildman–Crippen LogP) is -4.20. The monoisotopic (exact) mass is 347 g/mol. The fraction of sp³-hybridized carbons (Fsp3) is 0. The number of hydrogen-bond donors (Lipinski definition) is 0. The molecule has 0 heterocycles. The second kappa shape index (κ2) is 23.9. The molecule has 0 aromatic heterocycles. The Morgan fingerprint density at radius 1 is 1.20 bits per heavy atom. The summed E-state index contributed by atoms with van der Waals surface area (Å²) in [6.45, 7) is 0. The van der Waals surface area contributed by atoms with Gasteiger partial charge >= 0.3 is 119 Å². The van der Waals surface area contributed by atoms with Gasteiger partial charge in [0, 0.05) is 0 Å². The molecule has 0 aliphatic heterocycles. The Hall–Kier alpha value is 4.32. The summed E-state index contributed by atoms with van der Waals surface area (Å²) in [7, 11) is 1.06. The first-order valence-electron chi connectivity index (χ1n) is 0.354. The molecule has 0 radical (unpaired) electrons. The van der Waals surface area contributed by atoms with Crippen LogP contribution in [0.5, 0.6) is 0 Å². The van der Waals surface area contributed by atoms with Gasteiger partial charge in [-0.2, -0.15) is 0 Å². The Bertz CT molecular complexity index is 11.6. The van der Waals surface area contributed by atoms with Crippen molar-refractivity contribution in [2.45, 2.75) is 0 Å². The van der Waals surface area contributed by atoms with Gasteiger partial charge in [-0.1, -0.05) is 0 Å². The normalized spacial score (nSPS) is 1.80. The number of hydrogen-bond acceptors (Lipinski definition) is 0. The molecule has 0 amide bonds. The molecule has 29 valence electrons. The summed E-state index contributed by atoms with van der Waals surface area (Å²) in [5.41, 5.74) is 0. The van der Waals surface area contributed by atoms with Crippen molar-refractivity contribution in [1.29, 1.82) is 0 Å². The maximum atomic E-state index is 3.39. The van der Waals surface area contributed by atoms with E-state index in [1.807, 2.05) is 0 Å². The first-order valence-corrected chi connectivity index (χ1v) is 4.37. The van der Waals surface area contributed by atoms with Crippen molar-refractivity contribution in [1.82, 2.24) is 0 Å². The minimum absolute atomic E-state index is 0. The third-order valence-electron chi connectivity index (χ3n) is 0. The molecule has 0 aliphatic carbocycles. The molecule has 0 saturated heterocycles. The van der Waals surface area contributed by atoms with E-state index in [4.69, 9.17) is 0 Å². The van der Waals surface area contributed by atoms with Crippen LogP contribution in [0.3, 0.4) is 0 Å². The zero-order valence-corrected chi connectivity index (χ0v) is 4.46. The van der Waals surface area contributed by atoms with Crippen LogP contribution in [0.2, 0.25) is 0 Å². The quantitative estimate of drug-likeness (QED) is 0.391. The molecular weight excluding hydrogens is 336 g/mol. The second-order valence-electron chi connectivity index (χ2n) is 0. The van der Waals surface area contributed by atoms with E-state index in [2.05, 4.69) is 15.4 Å². The molecule has 0 nitrogen and oxygen atoms in total. The van der Waals surface area contributed by atoms with E-state index in [0.29, 0.717) is 0 Å². The maximum absolute atomic E-state index is 3.39. The average Bonchev–Trinajstić information content (AvgIpc) is 1.00. The molecule has 0 fully saturated rings. The van der Waals surface area contributed by atoms with Crippen LogP contribution in [0.25, 0.3) is 0 Å². The van der Waals surface area contributed by atoms with Crippen LogP contribution >= 0.6 is 0 Å². The molecule has 0 spiro atoms. The Balaban J connectivity index is -0.00000000167.